The molecule has 3 aliphatic heterocycles. The van der Waals surface area contributed by atoms with Gasteiger partial charge >= 0.3 is 6.09 Å². The fraction of sp³-hybridized carbons (Fsp3) is 0.517. The van der Waals surface area contributed by atoms with Crippen LogP contribution in [0, 0.1) is 11.7 Å². The van der Waals surface area contributed by atoms with Gasteiger partial charge in [-0.2, -0.15) is 0 Å². The van der Waals surface area contributed by atoms with E-state index in [0.717, 1.165) is 37.3 Å². The maximum atomic E-state index is 15.7. The second kappa shape index (κ2) is 11.6. The number of H-pyrrole nitrogens is 1. The number of aromatic nitrogens is 3. The predicted octanol–water partition coefficient (Wildman–Crippen LogP) is 3.63. The molecule has 0 radical (unpaired) electrons. The van der Waals surface area contributed by atoms with Gasteiger partial charge in [0, 0.05) is 50.7 Å². The van der Waals surface area contributed by atoms with Crippen molar-refractivity contribution in [2.45, 2.75) is 37.8 Å². The van der Waals surface area contributed by atoms with Crippen molar-refractivity contribution in [3.63, 3.8) is 0 Å². The number of halogens is 3. The summed E-state index contributed by atoms with van der Waals surface area (Å²) in [5.74, 6) is -5.34. The molecule has 2 aromatic heterocycles. The minimum Gasteiger partial charge on any atom is -0.465 e. The second-order valence-electron chi connectivity index (χ2n) is 11.4. The van der Waals surface area contributed by atoms with Crippen LogP contribution in [0.2, 0.25) is 0 Å². The van der Waals surface area contributed by atoms with Crippen molar-refractivity contribution >= 4 is 28.6 Å². The first-order valence-corrected chi connectivity index (χ1v) is 14.5. The van der Waals surface area contributed by atoms with E-state index in [9.17, 15) is 9.59 Å². The molecule has 1 amide bonds. The summed E-state index contributed by atoms with van der Waals surface area (Å²) in [6, 6.07) is 5.32. The Morgan fingerprint density at radius 2 is 1.86 bits per heavy atom. The molecule has 0 saturated carbocycles. The average molecular weight is 602 g/mol. The summed E-state index contributed by atoms with van der Waals surface area (Å²) in [5.41, 5.74) is -0.172. The number of hydrogen-bond donors (Lipinski definition) is 3. The molecule has 3 fully saturated rings. The molecule has 0 aliphatic carbocycles. The monoisotopic (exact) mass is 601 g/mol. The van der Waals surface area contributed by atoms with E-state index in [1.165, 1.54) is 18.5 Å². The molecule has 6 rings (SSSR count). The van der Waals surface area contributed by atoms with Crippen LogP contribution in [0.3, 0.4) is 0 Å². The van der Waals surface area contributed by atoms with E-state index in [0.29, 0.717) is 41.7 Å². The minimum absolute atomic E-state index is 0.0229. The Labute approximate surface area is 245 Å². The second-order valence-corrected chi connectivity index (χ2v) is 11.4. The van der Waals surface area contributed by atoms with Crippen LogP contribution < -0.4 is 15.8 Å². The van der Waals surface area contributed by atoms with E-state index >= 15 is 13.2 Å². The Kier molecular flexibility index (Phi) is 7.90. The number of nitrogens with one attached hydrogen (secondary N) is 2. The summed E-state index contributed by atoms with van der Waals surface area (Å²) in [5, 5.41) is 12.8. The number of pyridine rings is 1. The Morgan fingerprint density at radius 1 is 1.14 bits per heavy atom. The highest BCUT2D eigenvalue weighted by Crippen LogP contribution is 2.43. The largest absolute Gasteiger partial charge is 0.465 e. The maximum absolute atomic E-state index is 15.7. The topological polar surface area (TPSA) is 127 Å². The molecule has 3 aromatic rings. The number of rotatable bonds is 7. The first-order chi connectivity index (χ1) is 20.6. The third-order valence-corrected chi connectivity index (χ3v) is 8.91. The number of carboxylic acid groups (broad SMARTS) is 1. The van der Waals surface area contributed by atoms with Crippen molar-refractivity contribution in [2.75, 3.05) is 62.7 Å². The van der Waals surface area contributed by atoms with E-state index in [4.69, 9.17) is 9.84 Å². The van der Waals surface area contributed by atoms with Crippen LogP contribution in [0.25, 0.3) is 11.0 Å². The van der Waals surface area contributed by atoms with Crippen molar-refractivity contribution in [1.82, 2.24) is 24.8 Å². The highest BCUT2D eigenvalue weighted by molar-refractivity contribution is 5.88. The van der Waals surface area contributed by atoms with Gasteiger partial charge in [-0.05, 0) is 25.8 Å². The zero-order valence-electron chi connectivity index (χ0n) is 23.7. The molecule has 230 valence electrons. The summed E-state index contributed by atoms with van der Waals surface area (Å²) in [7, 11) is 0. The van der Waals surface area contributed by atoms with Crippen LogP contribution in [0.15, 0.2) is 35.4 Å². The number of nitrogens with zero attached hydrogens (tertiary/aromatic N) is 5. The van der Waals surface area contributed by atoms with Crippen LogP contribution >= 0.6 is 0 Å². The highest BCUT2D eigenvalue weighted by Gasteiger charge is 2.45. The van der Waals surface area contributed by atoms with Crippen LogP contribution in [0.5, 0.6) is 0 Å². The molecule has 3 saturated heterocycles. The highest BCUT2D eigenvalue weighted by atomic mass is 19.3. The number of fused-ring (bicyclic) bond motifs is 1. The quantitative estimate of drug-likeness (QED) is 0.372. The molecule has 1 aromatic carbocycles. The van der Waals surface area contributed by atoms with E-state index in [2.05, 4.69) is 25.2 Å². The molecule has 1 unspecified atom stereocenters. The third-order valence-electron chi connectivity index (χ3n) is 8.91. The van der Waals surface area contributed by atoms with Gasteiger partial charge in [0.05, 0.1) is 36.2 Å². The Morgan fingerprint density at radius 3 is 2.51 bits per heavy atom. The number of likely N-dealkylation sites (tertiary alicyclic amines) is 1. The van der Waals surface area contributed by atoms with Gasteiger partial charge in [-0.3, -0.25) is 9.69 Å². The van der Waals surface area contributed by atoms with Crippen molar-refractivity contribution in [3.8, 4) is 0 Å². The molecule has 43 heavy (non-hydrogen) atoms. The maximum Gasteiger partial charge on any atom is 0.407 e. The fourth-order valence-electron chi connectivity index (χ4n) is 6.20. The van der Waals surface area contributed by atoms with Gasteiger partial charge in [-0.1, -0.05) is 18.2 Å². The van der Waals surface area contributed by atoms with Gasteiger partial charge in [0.1, 0.15) is 29.3 Å². The van der Waals surface area contributed by atoms with E-state index in [1.807, 2.05) is 4.90 Å². The summed E-state index contributed by atoms with van der Waals surface area (Å²) < 4.78 is 52.2. The van der Waals surface area contributed by atoms with Crippen molar-refractivity contribution in [2.24, 2.45) is 5.92 Å². The van der Waals surface area contributed by atoms with Gasteiger partial charge in [0.15, 0.2) is 0 Å². The summed E-state index contributed by atoms with van der Waals surface area (Å²) >= 11 is 0. The molecule has 3 N–H and O–H groups in total. The summed E-state index contributed by atoms with van der Waals surface area (Å²) in [4.78, 5) is 41.0. The lowest BCUT2D eigenvalue weighted by Crippen LogP contribution is -2.57. The van der Waals surface area contributed by atoms with Crippen LogP contribution in [0.4, 0.5) is 29.5 Å². The van der Waals surface area contributed by atoms with E-state index < -0.39 is 35.4 Å². The number of alkyl halides is 2. The first kappa shape index (κ1) is 29.2. The van der Waals surface area contributed by atoms with Gasteiger partial charge in [-0.15, -0.1) is 0 Å². The van der Waals surface area contributed by atoms with E-state index in [1.54, 1.807) is 13.0 Å². The van der Waals surface area contributed by atoms with Crippen molar-refractivity contribution < 1.29 is 27.8 Å². The first-order valence-electron chi connectivity index (χ1n) is 14.5. The predicted molar refractivity (Wildman–Crippen MR) is 153 cm³/mol. The zero-order chi connectivity index (χ0) is 30.3. The standard InChI is InChI=1S/C29H34F3N7O4/c1-17(20-3-2-4-22(24(20)30)29(31,32)18-5-7-39(8-6-18)28(41)42)35-25-21-13-23(27(40)36-26(21)34-16-33-25)38-11-9-37(10-12-38)19-14-43-15-19/h2-4,13,16-19H,5-12,14-15H2,1H3,(H,41,42)(H2,33,34,35,36,40). The van der Waals surface area contributed by atoms with Crippen molar-refractivity contribution in [3.05, 3.63) is 57.9 Å². The molecule has 0 spiro atoms. The Hall–Kier alpha value is -3.91. The third kappa shape index (κ3) is 5.60. The number of ether oxygens (including phenoxy) is 1. The van der Waals surface area contributed by atoms with Crippen molar-refractivity contribution in [1.29, 1.82) is 0 Å². The van der Waals surface area contributed by atoms with Crippen LogP contribution in [0.1, 0.15) is 36.9 Å². The number of anilines is 2. The Balaban J connectivity index is 1.22. The number of hydrogen-bond acceptors (Lipinski definition) is 8. The molecule has 5 heterocycles. The van der Waals surface area contributed by atoms with Crippen LogP contribution in [-0.4, -0.2) is 94.5 Å². The number of piperidine rings is 1. The average Bonchev–Trinajstić information content (AvgIpc) is 2.96. The zero-order valence-corrected chi connectivity index (χ0v) is 23.7. The van der Waals surface area contributed by atoms with Gasteiger partial charge in [-0.25, -0.2) is 27.9 Å². The SMILES string of the molecule is CC(Nc1ncnc2[nH]c(=O)c(N3CCN(C4COC4)CC3)cc12)c1cccc(C(F)(F)C2CCN(C(=O)O)CC2)c1F. The lowest BCUT2D eigenvalue weighted by Gasteiger charge is -2.43. The minimum atomic E-state index is -3.48. The molecule has 0 bridgehead atoms. The summed E-state index contributed by atoms with van der Waals surface area (Å²) in [6.45, 7) is 6.00. The number of carbonyl (C=O) groups is 1. The van der Waals surface area contributed by atoms with E-state index in [-0.39, 0.29) is 37.1 Å². The number of amides is 1. The molecule has 3 aliphatic rings. The molecule has 11 nitrogen and oxygen atoms in total. The van der Waals surface area contributed by atoms with Crippen LogP contribution in [-0.2, 0) is 10.7 Å². The lowest BCUT2D eigenvalue weighted by atomic mass is 9.85. The number of aromatic amines is 1. The van der Waals surface area contributed by atoms with Gasteiger partial charge < -0.3 is 29.9 Å². The van der Waals surface area contributed by atoms with Gasteiger partial charge in [0.25, 0.3) is 11.5 Å². The number of piperazine rings is 1. The molecule has 14 heteroatoms. The smallest absolute Gasteiger partial charge is 0.407 e. The molecular weight excluding hydrogens is 567 g/mol. The summed E-state index contributed by atoms with van der Waals surface area (Å²) in [6.07, 6.45) is 0.00439. The van der Waals surface area contributed by atoms with Gasteiger partial charge in [0.2, 0.25) is 0 Å². The molecule has 1 atom stereocenters. The fourth-order valence-corrected chi connectivity index (χ4v) is 6.20. The number of benzene rings is 1. The molecular formula is C29H34F3N7O4. The Bertz CT molecular complexity index is 1550. The lowest BCUT2D eigenvalue weighted by molar-refractivity contribution is -0.0861. The normalized spacial score (nSPS) is 19.8.